The number of hydrogen-bond donors (Lipinski definition) is 0. The van der Waals surface area contributed by atoms with Crippen LogP contribution >= 0.6 is 0 Å². The number of hydrogen-bond acceptors (Lipinski definition) is 4. The van der Waals surface area contributed by atoms with E-state index in [1.807, 2.05) is 30.3 Å². The SMILES string of the molecule is Cn1c(=O)n(C)n(-c2ccc3c(c2)=CC(c2cccnc2)N=3)c1=O. The summed E-state index contributed by atoms with van der Waals surface area (Å²) in [7, 11) is 3.04. The number of benzene rings is 1. The lowest BCUT2D eigenvalue weighted by Crippen LogP contribution is -2.27. The number of rotatable bonds is 2. The summed E-state index contributed by atoms with van der Waals surface area (Å²) in [5.74, 6) is 0. The molecule has 3 heterocycles. The van der Waals surface area contributed by atoms with Crippen molar-refractivity contribution in [2.45, 2.75) is 6.04 Å². The Balaban J connectivity index is 1.87. The molecule has 1 aliphatic rings. The molecule has 0 aliphatic carbocycles. The van der Waals surface area contributed by atoms with Crippen LogP contribution < -0.4 is 22.0 Å². The zero-order valence-electron chi connectivity index (χ0n) is 13.2. The van der Waals surface area contributed by atoms with Crippen molar-refractivity contribution in [1.29, 1.82) is 0 Å². The van der Waals surface area contributed by atoms with Gasteiger partial charge in [0.2, 0.25) is 0 Å². The predicted molar refractivity (Wildman–Crippen MR) is 88.5 cm³/mol. The van der Waals surface area contributed by atoms with Crippen LogP contribution in [0.3, 0.4) is 0 Å². The van der Waals surface area contributed by atoms with Gasteiger partial charge in [0.1, 0.15) is 0 Å². The third-order valence-corrected chi connectivity index (χ3v) is 4.23. The summed E-state index contributed by atoms with van der Waals surface area (Å²) in [6, 6.07) is 9.31. The van der Waals surface area contributed by atoms with Crippen LogP contribution in [0.1, 0.15) is 11.6 Å². The minimum absolute atomic E-state index is 0.0831. The molecule has 2 aromatic heterocycles. The van der Waals surface area contributed by atoms with Gasteiger partial charge in [0.05, 0.1) is 17.1 Å². The van der Waals surface area contributed by atoms with E-state index >= 15 is 0 Å². The lowest BCUT2D eigenvalue weighted by atomic mass is 10.1. The van der Waals surface area contributed by atoms with Crippen LogP contribution in [0.15, 0.2) is 57.3 Å². The highest BCUT2D eigenvalue weighted by Gasteiger charge is 2.15. The summed E-state index contributed by atoms with van der Waals surface area (Å²) in [6.07, 6.45) is 5.55. The average molecular weight is 321 g/mol. The first-order chi connectivity index (χ1) is 11.6. The Bertz CT molecular complexity index is 1170. The van der Waals surface area contributed by atoms with E-state index in [1.54, 1.807) is 25.5 Å². The standard InChI is InChI=1S/C17H15N5O2/c1-20-16(23)21(2)22(17(20)24)13-5-6-14-12(8-13)9-15(19-14)11-4-3-7-18-10-11/h3-10,15H,1-2H3. The van der Waals surface area contributed by atoms with E-state index in [4.69, 9.17) is 0 Å². The molecule has 7 nitrogen and oxygen atoms in total. The van der Waals surface area contributed by atoms with Gasteiger partial charge in [0.25, 0.3) is 0 Å². The van der Waals surface area contributed by atoms with Gasteiger partial charge in [-0.3, -0.25) is 9.98 Å². The van der Waals surface area contributed by atoms with Crippen molar-refractivity contribution in [3.05, 3.63) is 79.8 Å². The van der Waals surface area contributed by atoms with E-state index < -0.39 is 0 Å². The lowest BCUT2D eigenvalue weighted by Gasteiger charge is -2.04. The smallest absolute Gasteiger partial charge is 0.272 e. The molecular formula is C17H15N5O2. The zero-order valence-corrected chi connectivity index (χ0v) is 13.2. The molecule has 1 aliphatic heterocycles. The quantitative estimate of drug-likeness (QED) is 0.634. The molecule has 0 N–H and O–H groups in total. The van der Waals surface area contributed by atoms with Crippen LogP contribution in [0, 0.1) is 0 Å². The van der Waals surface area contributed by atoms with Crippen LogP contribution in [0.2, 0.25) is 0 Å². The van der Waals surface area contributed by atoms with Crippen LogP contribution in [0.5, 0.6) is 0 Å². The van der Waals surface area contributed by atoms with Gasteiger partial charge in [0, 0.05) is 31.7 Å². The molecule has 0 fully saturated rings. The molecule has 1 aromatic carbocycles. The second-order valence-corrected chi connectivity index (χ2v) is 5.73. The largest absolute Gasteiger partial charge is 0.351 e. The van der Waals surface area contributed by atoms with Crippen LogP contribution in [-0.2, 0) is 14.1 Å². The summed E-state index contributed by atoms with van der Waals surface area (Å²) in [4.78, 5) is 33.0. The summed E-state index contributed by atoms with van der Waals surface area (Å²) >= 11 is 0. The number of nitrogens with zero attached hydrogens (tertiary/aromatic N) is 5. The van der Waals surface area contributed by atoms with Gasteiger partial charge in [-0.25, -0.2) is 18.8 Å². The second kappa shape index (κ2) is 5.16. The van der Waals surface area contributed by atoms with Gasteiger partial charge in [0.15, 0.2) is 0 Å². The predicted octanol–water partition coefficient (Wildman–Crippen LogP) is -0.575. The maximum absolute atomic E-state index is 12.3. The van der Waals surface area contributed by atoms with Crippen molar-refractivity contribution in [3.8, 4) is 5.69 Å². The summed E-state index contributed by atoms with van der Waals surface area (Å²) in [5, 5.41) is 1.80. The van der Waals surface area contributed by atoms with Crippen molar-refractivity contribution in [3.63, 3.8) is 0 Å². The van der Waals surface area contributed by atoms with E-state index in [0.29, 0.717) is 5.69 Å². The molecule has 1 atom stereocenters. The second-order valence-electron chi connectivity index (χ2n) is 5.73. The Kier molecular flexibility index (Phi) is 3.09. The summed E-state index contributed by atoms with van der Waals surface area (Å²) < 4.78 is 3.74. The number of aromatic nitrogens is 4. The first-order valence-electron chi connectivity index (χ1n) is 7.51. The third kappa shape index (κ3) is 2.05. The zero-order chi connectivity index (χ0) is 16.8. The van der Waals surface area contributed by atoms with Gasteiger partial charge in [-0.2, -0.15) is 4.68 Å². The van der Waals surface area contributed by atoms with E-state index in [1.165, 1.54) is 16.4 Å². The molecule has 0 saturated heterocycles. The van der Waals surface area contributed by atoms with Gasteiger partial charge in [-0.15, -0.1) is 0 Å². The normalized spacial score (nSPS) is 15.7. The van der Waals surface area contributed by atoms with Crippen molar-refractivity contribution in [1.82, 2.24) is 18.9 Å². The Morgan fingerprint density at radius 3 is 2.58 bits per heavy atom. The first kappa shape index (κ1) is 14.4. The molecule has 4 rings (SSSR count). The van der Waals surface area contributed by atoms with E-state index in [9.17, 15) is 9.59 Å². The summed E-state index contributed by atoms with van der Waals surface area (Å²) in [5.41, 5.74) is 0.917. The third-order valence-electron chi connectivity index (χ3n) is 4.23. The van der Waals surface area contributed by atoms with Crippen LogP contribution in [0.25, 0.3) is 11.8 Å². The number of pyridine rings is 1. The molecule has 1 unspecified atom stereocenters. The molecule has 3 aromatic rings. The average Bonchev–Trinajstić information content (AvgIpc) is 3.11. The van der Waals surface area contributed by atoms with E-state index in [0.717, 1.165) is 20.7 Å². The Hall–Kier alpha value is -3.22. The van der Waals surface area contributed by atoms with Crippen molar-refractivity contribution in [2.24, 2.45) is 19.1 Å². The Morgan fingerprint density at radius 2 is 1.92 bits per heavy atom. The van der Waals surface area contributed by atoms with Crippen molar-refractivity contribution in [2.75, 3.05) is 0 Å². The molecule has 0 bridgehead atoms. The fraction of sp³-hybridized carbons (Fsp3) is 0.176. The molecule has 0 amide bonds. The van der Waals surface area contributed by atoms with Crippen molar-refractivity contribution >= 4 is 6.08 Å². The topological polar surface area (TPSA) is 74.2 Å². The van der Waals surface area contributed by atoms with Gasteiger partial charge < -0.3 is 0 Å². The first-order valence-corrected chi connectivity index (χ1v) is 7.51. The molecule has 0 radical (unpaired) electrons. The molecular weight excluding hydrogens is 306 g/mol. The van der Waals surface area contributed by atoms with Crippen molar-refractivity contribution < 1.29 is 0 Å². The maximum Gasteiger partial charge on any atom is 0.351 e. The minimum atomic E-state index is -0.374. The van der Waals surface area contributed by atoms with Gasteiger partial charge in [-0.05, 0) is 35.9 Å². The summed E-state index contributed by atoms with van der Waals surface area (Å²) in [6.45, 7) is 0. The molecule has 24 heavy (non-hydrogen) atoms. The highest BCUT2D eigenvalue weighted by atomic mass is 16.2. The monoisotopic (exact) mass is 321 g/mol. The molecule has 0 spiro atoms. The van der Waals surface area contributed by atoms with Crippen LogP contribution in [-0.4, -0.2) is 18.9 Å². The number of fused-ring (bicyclic) bond motifs is 1. The highest BCUT2D eigenvalue weighted by molar-refractivity contribution is 5.44. The van der Waals surface area contributed by atoms with E-state index in [2.05, 4.69) is 9.98 Å². The molecule has 120 valence electrons. The van der Waals surface area contributed by atoms with Gasteiger partial charge in [-0.1, -0.05) is 6.07 Å². The molecule has 7 heteroatoms. The van der Waals surface area contributed by atoms with Crippen LogP contribution in [0.4, 0.5) is 0 Å². The lowest BCUT2D eigenvalue weighted by molar-refractivity contribution is 0.627. The Morgan fingerprint density at radius 1 is 1.08 bits per heavy atom. The fourth-order valence-electron chi connectivity index (χ4n) is 2.94. The highest BCUT2D eigenvalue weighted by Crippen LogP contribution is 2.18. The Labute approximate surface area is 136 Å². The minimum Gasteiger partial charge on any atom is -0.272 e. The molecule has 0 saturated carbocycles. The fourth-order valence-corrected chi connectivity index (χ4v) is 2.94. The van der Waals surface area contributed by atoms with Gasteiger partial charge >= 0.3 is 11.4 Å². The maximum atomic E-state index is 12.3. The van der Waals surface area contributed by atoms with E-state index in [-0.39, 0.29) is 17.4 Å².